The van der Waals surface area contributed by atoms with E-state index in [2.05, 4.69) is 0 Å². The molecule has 0 N–H and O–H groups in total. The molecule has 0 aromatic heterocycles. The van der Waals surface area contributed by atoms with Crippen LogP contribution in [0.2, 0.25) is 10.0 Å². The first-order chi connectivity index (χ1) is 9.43. The third-order valence-electron chi connectivity index (χ3n) is 2.03. The first kappa shape index (κ1) is 21.5. The van der Waals surface area contributed by atoms with Gasteiger partial charge >= 0.3 is 37.7 Å². The van der Waals surface area contributed by atoms with Crippen LogP contribution in [-0.2, 0) is 22.2 Å². The Bertz CT molecular complexity index is 585. The molecule has 2 atom stereocenters. The Labute approximate surface area is 167 Å². The van der Waals surface area contributed by atoms with E-state index >= 15 is 0 Å². The van der Waals surface area contributed by atoms with Gasteiger partial charge in [-0.15, -0.1) is 0 Å². The molecule has 0 aliphatic rings. The van der Waals surface area contributed by atoms with Crippen LogP contribution in [0.15, 0.2) is 58.3 Å². The fraction of sp³-hybridized carbons (Fsp3) is 0. The molecule has 0 radical (unpaired) electrons. The van der Waals surface area contributed by atoms with Crippen molar-refractivity contribution in [3.8, 4) is 0 Å². The van der Waals surface area contributed by atoms with Gasteiger partial charge in [-0.1, -0.05) is 47.5 Å². The number of hydrogen-bond donors (Lipinski definition) is 0. The minimum Gasteiger partial charge on any atom is -0.768 e. The summed E-state index contributed by atoms with van der Waals surface area (Å²) < 4.78 is 41.3. The van der Waals surface area contributed by atoms with Gasteiger partial charge in [0.2, 0.25) is 0 Å². The number of rotatable bonds is 2. The average Bonchev–Trinajstić information content (AvgIpc) is 2.40. The van der Waals surface area contributed by atoms with Crippen LogP contribution in [0.4, 0.5) is 0 Å². The van der Waals surface area contributed by atoms with Crippen molar-refractivity contribution in [1.82, 2.24) is 0 Å². The number of hydrogen-bond acceptors (Lipinski definition) is 4. The van der Waals surface area contributed by atoms with Gasteiger partial charge in [0, 0.05) is 9.79 Å². The normalized spacial score (nSPS) is 12.4. The molecule has 2 aromatic carbocycles. The van der Waals surface area contributed by atoms with E-state index in [1.165, 1.54) is 24.3 Å². The van der Waals surface area contributed by atoms with Crippen molar-refractivity contribution in [3.05, 3.63) is 58.6 Å². The van der Waals surface area contributed by atoms with E-state index in [0.29, 0.717) is 0 Å². The van der Waals surface area contributed by atoms with Gasteiger partial charge in [0.25, 0.3) is 0 Å². The van der Waals surface area contributed by atoms with E-state index in [-0.39, 0.29) is 57.6 Å². The third kappa shape index (κ3) is 7.54. The van der Waals surface area contributed by atoms with E-state index in [1.807, 2.05) is 0 Å². The molecule has 0 saturated carbocycles. The van der Waals surface area contributed by atoms with Crippen LogP contribution in [0.3, 0.4) is 0 Å². The summed E-state index contributed by atoms with van der Waals surface area (Å²) in [5, 5.41) is 0.520. The summed E-state index contributed by atoms with van der Waals surface area (Å²) in [6, 6.07) is 12.6. The van der Waals surface area contributed by atoms with Crippen LogP contribution >= 0.6 is 23.2 Å². The zero-order valence-corrected chi connectivity index (χ0v) is 15.9. The van der Waals surface area contributed by atoms with Gasteiger partial charge in [0.15, 0.2) is 0 Å². The van der Waals surface area contributed by atoms with E-state index in [0.717, 1.165) is 0 Å². The van der Waals surface area contributed by atoms with Crippen LogP contribution in [0.1, 0.15) is 0 Å². The standard InChI is InChI=1S/2C6H5ClO2S.Ca/c2*7-5-3-1-2-4-6(5)10(8)9;/h2*1-4H,(H,8,9);/q;;+2/p-2. The third-order valence-corrected chi connectivity index (χ3v) is 4.35. The fourth-order valence-corrected chi connectivity index (χ4v) is 2.64. The molecule has 0 heterocycles. The molecule has 0 spiro atoms. The Morgan fingerprint density at radius 3 is 1.19 bits per heavy atom. The molecular formula is C12H8CaCl2O4S2. The minimum atomic E-state index is -2.22. The predicted molar refractivity (Wildman–Crippen MR) is 83.0 cm³/mol. The summed E-state index contributed by atoms with van der Waals surface area (Å²) in [4.78, 5) is 0.285. The zero-order valence-electron chi connectivity index (χ0n) is 10.5. The summed E-state index contributed by atoms with van der Waals surface area (Å²) >= 11 is 6.61. The Balaban J connectivity index is 0.000000364. The summed E-state index contributed by atoms with van der Waals surface area (Å²) in [5.41, 5.74) is 0. The van der Waals surface area contributed by atoms with Gasteiger partial charge in [0.1, 0.15) is 0 Å². The van der Waals surface area contributed by atoms with Gasteiger partial charge in [-0.2, -0.15) is 0 Å². The Hall–Kier alpha value is 0.500. The van der Waals surface area contributed by atoms with Crippen molar-refractivity contribution in [2.24, 2.45) is 0 Å². The summed E-state index contributed by atoms with van der Waals surface area (Å²) in [7, 11) is 0. The van der Waals surface area contributed by atoms with E-state index in [1.54, 1.807) is 24.3 Å². The maximum Gasteiger partial charge on any atom is 2.00 e. The summed E-state index contributed by atoms with van der Waals surface area (Å²) in [6.45, 7) is 0. The molecule has 9 heteroatoms. The molecule has 4 nitrogen and oxygen atoms in total. The number of benzene rings is 2. The number of halogens is 2. The van der Waals surface area contributed by atoms with Crippen LogP contribution in [0.25, 0.3) is 0 Å². The van der Waals surface area contributed by atoms with Gasteiger partial charge in [-0.25, -0.2) is 0 Å². The summed E-state index contributed by atoms with van der Waals surface area (Å²) in [6.07, 6.45) is 0. The first-order valence-electron chi connectivity index (χ1n) is 5.11. The molecule has 0 amide bonds. The molecule has 2 rings (SSSR count). The van der Waals surface area contributed by atoms with Gasteiger partial charge in [0.05, 0.1) is 10.0 Å². The Morgan fingerprint density at radius 1 is 0.714 bits per heavy atom. The molecular weight excluding hydrogens is 383 g/mol. The van der Waals surface area contributed by atoms with Crippen molar-refractivity contribution in [3.63, 3.8) is 0 Å². The Kier molecular flexibility index (Phi) is 11.4. The molecule has 0 aliphatic heterocycles. The molecule has 2 aromatic rings. The second kappa shape index (κ2) is 11.1. The molecule has 0 fully saturated rings. The molecule has 2 unspecified atom stereocenters. The SMILES string of the molecule is O=S([O-])c1ccccc1Cl.O=S([O-])c1ccccc1Cl.[Ca+2]. The maximum atomic E-state index is 10.3. The fourth-order valence-electron chi connectivity index (χ4n) is 1.16. The smallest absolute Gasteiger partial charge is 0.768 e. The molecule has 21 heavy (non-hydrogen) atoms. The van der Waals surface area contributed by atoms with Crippen molar-refractivity contribution >= 4 is 83.1 Å². The monoisotopic (exact) mass is 390 g/mol. The summed E-state index contributed by atoms with van der Waals surface area (Å²) in [5.74, 6) is 0. The van der Waals surface area contributed by atoms with Crippen molar-refractivity contribution in [1.29, 1.82) is 0 Å². The molecule has 0 bridgehead atoms. The van der Waals surface area contributed by atoms with Crippen LogP contribution < -0.4 is 0 Å². The molecule has 108 valence electrons. The molecule has 0 saturated heterocycles. The quantitative estimate of drug-likeness (QED) is 0.583. The van der Waals surface area contributed by atoms with Gasteiger partial charge in [-0.05, 0) is 46.4 Å². The maximum absolute atomic E-state index is 10.3. The van der Waals surface area contributed by atoms with E-state index < -0.39 is 22.2 Å². The van der Waals surface area contributed by atoms with Crippen molar-refractivity contribution in [2.45, 2.75) is 9.79 Å². The van der Waals surface area contributed by atoms with E-state index in [9.17, 15) is 17.5 Å². The van der Waals surface area contributed by atoms with Crippen LogP contribution in [0.5, 0.6) is 0 Å². The minimum absolute atomic E-state index is 0. The second-order valence-corrected chi connectivity index (χ2v) is 5.96. The van der Waals surface area contributed by atoms with Crippen molar-refractivity contribution < 1.29 is 17.5 Å². The van der Waals surface area contributed by atoms with Crippen molar-refractivity contribution in [2.75, 3.05) is 0 Å². The average molecular weight is 391 g/mol. The topological polar surface area (TPSA) is 80.3 Å². The molecule has 0 aliphatic carbocycles. The second-order valence-electron chi connectivity index (χ2n) is 3.33. The largest absolute Gasteiger partial charge is 2.00 e. The van der Waals surface area contributed by atoms with Gasteiger partial charge in [-0.3, -0.25) is 8.42 Å². The zero-order chi connectivity index (χ0) is 15.1. The van der Waals surface area contributed by atoms with Crippen LogP contribution in [-0.4, -0.2) is 55.3 Å². The van der Waals surface area contributed by atoms with E-state index in [4.69, 9.17) is 23.2 Å². The predicted octanol–water partition coefficient (Wildman–Crippen LogP) is 2.78. The van der Waals surface area contributed by atoms with Crippen LogP contribution in [0, 0.1) is 0 Å². The Morgan fingerprint density at radius 2 is 1.00 bits per heavy atom. The first-order valence-corrected chi connectivity index (χ1v) is 8.01. The van der Waals surface area contributed by atoms with Gasteiger partial charge < -0.3 is 9.11 Å².